The van der Waals surface area contributed by atoms with Crippen molar-refractivity contribution in [3.8, 4) is 5.75 Å². The van der Waals surface area contributed by atoms with Gasteiger partial charge < -0.3 is 14.7 Å². The number of hydrogen-bond acceptors (Lipinski definition) is 4. The highest BCUT2D eigenvalue weighted by Crippen LogP contribution is 2.28. The lowest BCUT2D eigenvalue weighted by Gasteiger charge is -2.36. The van der Waals surface area contributed by atoms with Gasteiger partial charge in [-0.15, -0.1) is 0 Å². The van der Waals surface area contributed by atoms with Crippen LogP contribution in [0, 0.1) is 0 Å². The molecule has 1 aliphatic heterocycles. The highest BCUT2D eigenvalue weighted by atomic mass is 16.5. The van der Waals surface area contributed by atoms with Gasteiger partial charge in [-0.2, -0.15) is 0 Å². The molecule has 1 saturated heterocycles. The van der Waals surface area contributed by atoms with E-state index in [1.807, 2.05) is 42.5 Å². The zero-order chi connectivity index (χ0) is 16.8. The number of methoxy groups -OCH3 is 1. The van der Waals surface area contributed by atoms with Gasteiger partial charge in [0.05, 0.1) is 18.9 Å². The van der Waals surface area contributed by atoms with Crippen LogP contribution < -0.4 is 9.64 Å². The highest BCUT2D eigenvalue weighted by Gasteiger charge is 2.20. The smallest absolute Gasteiger partial charge is 0.142 e. The van der Waals surface area contributed by atoms with E-state index in [9.17, 15) is 5.11 Å². The summed E-state index contributed by atoms with van der Waals surface area (Å²) in [5.74, 6) is 0.936. The van der Waals surface area contributed by atoms with Gasteiger partial charge in [-0.1, -0.05) is 42.5 Å². The molecular weight excluding hydrogens is 300 g/mol. The maximum Gasteiger partial charge on any atom is 0.142 e. The average molecular weight is 326 g/mol. The minimum atomic E-state index is -0.376. The molecule has 3 rings (SSSR count). The molecule has 2 aromatic rings. The first-order valence-corrected chi connectivity index (χ1v) is 8.61. The Morgan fingerprint density at radius 2 is 1.62 bits per heavy atom. The Hall–Kier alpha value is -2.04. The van der Waals surface area contributed by atoms with Crippen molar-refractivity contribution in [1.29, 1.82) is 0 Å². The van der Waals surface area contributed by atoms with Crippen LogP contribution >= 0.6 is 0 Å². The van der Waals surface area contributed by atoms with E-state index in [-0.39, 0.29) is 6.10 Å². The van der Waals surface area contributed by atoms with E-state index in [1.165, 1.54) is 5.69 Å². The lowest BCUT2D eigenvalue weighted by Crippen LogP contribution is -2.46. The summed E-state index contributed by atoms with van der Waals surface area (Å²) in [6.07, 6.45) is 0.400. The highest BCUT2D eigenvalue weighted by molar-refractivity contribution is 5.58. The number of benzene rings is 2. The number of ether oxygens (including phenoxy) is 1. The molecule has 0 radical (unpaired) electrons. The van der Waals surface area contributed by atoms with Crippen LogP contribution in [0.25, 0.3) is 0 Å². The summed E-state index contributed by atoms with van der Waals surface area (Å²) in [5, 5.41) is 10.3. The Labute approximate surface area is 144 Å². The molecule has 0 unspecified atom stereocenters. The van der Waals surface area contributed by atoms with Gasteiger partial charge >= 0.3 is 0 Å². The van der Waals surface area contributed by atoms with Crippen molar-refractivity contribution >= 4 is 5.69 Å². The molecule has 128 valence electrons. The largest absolute Gasteiger partial charge is 0.495 e. The van der Waals surface area contributed by atoms with Gasteiger partial charge in [-0.05, 0) is 24.1 Å². The Morgan fingerprint density at radius 1 is 0.958 bits per heavy atom. The average Bonchev–Trinajstić information content (AvgIpc) is 2.67. The van der Waals surface area contributed by atoms with E-state index >= 15 is 0 Å². The van der Waals surface area contributed by atoms with Gasteiger partial charge in [-0.3, -0.25) is 4.90 Å². The Bertz CT molecular complexity index is 625. The first-order chi connectivity index (χ1) is 11.8. The van der Waals surface area contributed by atoms with Crippen LogP contribution in [-0.2, 0) is 0 Å². The maximum absolute atomic E-state index is 10.3. The number of para-hydroxylation sites is 2. The fraction of sp³-hybridized carbons (Fsp3) is 0.400. The van der Waals surface area contributed by atoms with Crippen molar-refractivity contribution in [3.05, 3.63) is 60.2 Å². The second kappa shape index (κ2) is 8.18. The van der Waals surface area contributed by atoms with Gasteiger partial charge in [0.15, 0.2) is 0 Å². The summed E-state index contributed by atoms with van der Waals surface area (Å²) < 4.78 is 5.47. The summed E-state index contributed by atoms with van der Waals surface area (Å²) in [7, 11) is 1.72. The van der Waals surface area contributed by atoms with Crippen LogP contribution in [0.15, 0.2) is 54.6 Å². The number of rotatable bonds is 6. The molecule has 4 nitrogen and oxygen atoms in total. The maximum atomic E-state index is 10.3. The molecule has 24 heavy (non-hydrogen) atoms. The lowest BCUT2D eigenvalue weighted by molar-refractivity contribution is 0.139. The summed E-state index contributed by atoms with van der Waals surface area (Å²) in [6, 6.07) is 18.1. The van der Waals surface area contributed by atoms with Crippen molar-refractivity contribution in [2.24, 2.45) is 0 Å². The van der Waals surface area contributed by atoms with Gasteiger partial charge in [-0.25, -0.2) is 0 Å². The van der Waals surface area contributed by atoms with Crippen molar-refractivity contribution in [1.82, 2.24) is 4.90 Å². The summed E-state index contributed by atoms with van der Waals surface area (Å²) in [5.41, 5.74) is 2.18. The third-order valence-electron chi connectivity index (χ3n) is 4.70. The first kappa shape index (κ1) is 16.8. The van der Waals surface area contributed by atoms with E-state index < -0.39 is 0 Å². The van der Waals surface area contributed by atoms with Crippen LogP contribution in [-0.4, -0.2) is 49.8 Å². The molecule has 0 saturated carbocycles. The number of aliphatic hydroxyl groups excluding tert-OH is 1. The molecule has 0 aliphatic carbocycles. The SMILES string of the molecule is COc1ccccc1N1CCN(CC[C@@H](O)c2ccccc2)CC1. The number of hydrogen-bond donors (Lipinski definition) is 1. The molecule has 0 spiro atoms. The Kier molecular flexibility index (Phi) is 5.72. The molecule has 0 amide bonds. The van der Waals surface area contributed by atoms with E-state index in [0.29, 0.717) is 0 Å². The number of nitrogens with zero attached hydrogens (tertiary/aromatic N) is 2. The van der Waals surface area contributed by atoms with Crippen molar-refractivity contribution < 1.29 is 9.84 Å². The molecule has 0 bridgehead atoms. The second-order valence-electron chi connectivity index (χ2n) is 6.22. The molecule has 2 aromatic carbocycles. The normalized spacial score (nSPS) is 16.8. The molecule has 1 fully saturated rings. The van der Waals surface area contributed by atoms with E-state index in [1.54, 1.807) is 7.11 Å². The third kappa shape index (κ3) is 4.08. The van der Waals surface area contributed by atoms with Gasteiger partial charge in [0.1, 0.15) is 5.75 Å². The Morgan fingerprint density at radius 3 is 2.33 bits per heavy atom. The third-order valence-corrected chi connectivity index (χ3v) is 4.70. The van der Waals surface area contributed by atoms with Crippen LogP contribution in [0.2, 0.25) is 0 Å². The van der Waals surface area contributed by atoms with Crippen LogP contribution in [0.3, 0.4) is 0 Å². The molecule has 1 aliphatic rings. The minimum absolute atomic E-state index is 0.376. The van der Waals surface area contributed by atoms with E-state index in [0.717, 1.165) is 50.5 Å². The number of anilines is 1. The Balaban J connectivity index is 1.49. The zero-order valence-electron chi connectivity index (χ0n) is 14.3. The van der Waals surface area contributed by atoms with Crippen molar-refractivity contribution in [2.75, 3.05) is 44.7 Å². The molecule has 0 aromatic heterocycles. The standard InChI is InChI=1S/C20H26N2O2/c1-24-20-10-6-5-9-18(20)22-15-13-21(14-16-22)12-11-19(23)17-7-3-2-4-8-17/h2-10,19,23H,11-16H2,1H3/t19-/m1/s1. The van der Waals surface area contributed by atoms with Gasteiger partial charge in [0.25, 0.3) is 0 Å². The summed E-state index contributed by atoms with van der Waals surface area (Å²) in [6.45, 7) is 4.93. The molecule has 1 N–H and O–H groups in total. The van der Waals surface area contributed by atoms with Crippen LogP contribution in [0.5, 0.6) is 5.75 Å². The zero-order valence-corrected chi connectivity index (χ0v) is 14.3. The van der Waals surface area contributed by atoms with E-state index in [2.05, 4.69) is 21.9 Å². The quantitative estimate of drug-likeness (QED) is 0.885. The number of piperazine rings is 1. The molecular formula is C20H26N2O2. The summed E-state index contributed by atoms with van der Waals surface area (Å²) in [4.78, 5) is 4.81. The fourth-order valence-corrected chi connectivity index (χ4v) is 3.25. The minimum Gasteiger partial charge on any atom is -0.495 e. The fourth-order valence-electron chi connectivity index (χ4n) is 3.25. The van der Waals surface area contributed by atoms with E-state index in [4.69, 9.17) is 4.74 Å². The topological polar surface area (TPSA) is 35.9 Å². The van der Waals surface area contributed by atoms with Gasteiger partial charge in [0.2, 0.25) is 0 Å². The molecule has 4 heteroatoms. The van der Waals surface area contributed by atoms with Gasteiger partial charge in [0, 0.05) is 32.7 Å². The first-order valence-electron chi connectivity index (χ1n) is 8.61. The summed E-state index contributed by atoms with van der Waals surface area (Å²) >= 11 is 0. The monoisotopic (exact) mass is 326 g/mol. The predicted octanol–water partition coefficient (Wildman–Crippen LogP) is 2.94. The molecule has 1 atom stereocenters. The van der Waals surface area contributed by atoms with Crippen molar-refractivity contribution in [2.45, 2.75) is 12.5 Å². The van der Waals surface area contributed by atoms with Crippen LogP contribution in [0.1, 0.15) is 18.1 Å². The lowest BCUT2D eigenvalue weighted by atomic mass is 10.1. The van der Waals surface area contributed by atoms with Crippen molar-refractivity contribution in [3.63, 3.8) is 0 Å². The second-order valence-corrected chi connectivity index (χ2v) is 6.22. The molecule has 1 heterocycles. The van der Waals surface area contributed by atoms with Crippen LogP contribution in [0.4, 0.5) is 5.69 Å². The number of aliphatic hydroxyl groups is 1. The predicted molar refractivity (Wildman–Crippen MR) is 97.7 cm³/mol.